The number of thiol groups is 1. The van der Waals surface area contributed by atoms with Crippen LogP contribution in [0, 0.1) is 0 Å². The third kappa shape index (κ3) is 3.95. The molecule has 0 rings (SSSR count). The van der Waals surface area contributed by atoms with Crippen molar-refractivity contribution in [1.29, 1.82) is 0 Å². The van der Waals surface area contributed by atoms with Crippen LogP contribution in [0.2, 0.25) is 0 Å². The standard InChI is InChI=1S/C4H10N2OS/c5-3(2-8)1-4(6)7/h3,8H,1-2,5H2,(H2,6,7)/t3-/m0/s1. The third-order valence-electron chi connectivity index (χ3n) is 0.698. The molecule has 8 heavy (non-hydrogen) atoms. The molecule has 0 bridgehead atoms. The molecule has 0 radical (unpaired) electrons. The van der Waals surface area contributed by atoms with Crippen LogP contribution in [0.15, 0.2) is 0 Å². The second-order valence-electron chi connectivity index (χ2n) is 1.61. The van der Waals surface area contributed by atoms with Crippen LogP contribution in [-0.4, -0.2) is 17.7 Å². The van der Waals surface area contributed by atoms with Gasteiger partial charge in [0.05, 0.1) is 0 Å². The zero-order chi connectivity index (χ0) is 6.57. The first-order chi connectivity index (χ1) is 3.66. The molecule has 0 fully saturated rings. The van der Waals surface area contributed by atoms with E-state index in [0.717, 1.165) is 0 Å². The molecule has 48 valence electrons. The lowest BCUT2D eigenvalue weighted by molar-refractivity contribution is -0.118. The van der Waals surface area contributed by atoms with Crippen LogP contribution in [-0.2, 0) is 4.79 Å². The molecule has 0 aromatic carbocycles. The van der Waals surface area contributed by atoms with E-state index in [0.29, 0.717) is 5.75 Å². The van der Waals surface area contributed by atoms with E-state index in [1.165, 1.54) is 0 Å². The summed E-state index contributed by atoms with van der Waals surface area (Å²) in [6.45, 7) is 0. The van der Waals surface area contributed by atoms with Gasteiger partial charge < -0.3 is 11.5 Å². The van der Waals surface area contributed by atoms with E-state index < -0.39 is 0 Å². The number of rotatable bonds is 3. The molecule has 4 heteroatoms. The van der Waals surface area contributed by atoms with Crippen LogP contribution in [0.1, 0.15) is 6.42 Å². The van der Waals surface area contributed by atoms with Gasteiger partial charge in [0.2, 0.25) is 5.91 Å². The Hall–Kier alpha value is -0.220. The molecule has 0 aromatic rings. The average molecular weight is 134 g/mol. The van der Waals surface area contributed by atoms with E-state index in [1.54, 1.807) is 0 Å². The maximum Gasteiger partial charge on any atom is 0.219 e. The van der Waals surface area contributed by atoms with E-state index in [9.17, 15) is 4.79 Å². The van der Waals surface area contributed by atoms with Gasteiger partial charge in [-0.25, -0.2) is 0 Å². The van der Waals surface area contributed by atoms with Crippen molar-refractivity contribution in [2.75, 3.05) is 5.75 Å². The summed E-state index contributed by atoms with van der Waals surface area (Å²) in [7, 11) is 0. The van der Waals surface area contributed by atoms with Gasteiger partial charge in [-0.05, 0) is 0 Å². The zero-order valence-electron chi connectivity index (χ0n) is 4.50. The zero-order valence-corrected chi connectivity index (χ0v) is 5.40. The second-order valence-corrected chi connectivity index (χ2v) is 1.98. The van der Waals surface area contributed by atoms with Crippen molar-refractivity contribution in [3.05, 3.63) is 0 Å². The Morgan fingerprint density at radius 1 is 1.75 bits per heavy atom. The molecule has 1 amide bonds. The van der Waals surface area contributed by atoms with Gasteiger partial charge in [-0.15, -0.1) is 0 Å². The molecular weight excluding hydrogens is 124 g/mol. The lowest BCUT2D eigenvalue weighted by atomic mass is 10.2. The summed E-state index contributed by atoms with van der Waals surface area (Å²) < 4.78 is 0. The fourth-order valence-electron chi connectivity index (χ4n) is 0.323. The molecule has 0 saturated carbocycles. The quantitative estimate of drug-likeness (QED) is 0.439. The Morgan fingerprint density at radius 3 is 2.38 bits per heavy atom. The molecule has 0 heterocycles. The highest BCUT2D eigenvalue weighted by molar-refractivity contribution is 7.80. The summed E-state index contributed by atoms with van der Waals surface area (Å²) in [5, 5.41) is 0. The maximum atomic E-state index is 10.1. The van der Waals surface area contributed by atoms with E-state index in [-0.39, 0.29) is 18.4 Å². The number of carbonyl (C=O) groups is 1. The van der Waals surface area contributed by atoms with Crippen LogP contribution >= 0.6 is 12.6 Å². The molecule has 3 nitrogen and oxygen atoms in total. The summed E-state index contributed by atoms with van der Waals surface area (Å²) in [6, 6.07) is -0.184. The molecule has 4 N–H and O–H groups in total. The van der Waals surface area contributed by atoms with Crippen LogP contribution in [0.5, 0.6) is 0 Å². The fraction of sp³-hybridized carbons (Fsp3) is 0.750. The highest BCUT2D eigenvalue weighted by atomic mass is 32.1. The van der Waals surface area contributed by atoms with Gasteiger partial charge in [0.25, 0.3) is 0 Å². The van der Waals surface area contributed by atoms with Crippen molar-refractivity contribution < 1.29 is 4.79 Å². The summed E-state index contributed by atoms with van der Waals surface area (Å²) in [5.74, 6) is 0.134. The monoisotopic (exact) mass is 134 g/mol. The molecule has 0 aliphatic rings. The van der Waals surface area contributed by atoms with E-state index in [1.807, 2.05) is 0 Å². The van der Waals surface area contributed by atoms with Gasteiger partial charge in [0.1, 0.15) is 0 Å². The highest BCUT2D eigenvalue weighted by Gasteiger charge is 2.01. The second kappa shape index (κ2) is 3.74. The minimum Gasteiger partial charge on any atom is -0.370 e. The first kappa shape index (κ1) is 7.78. The normalized spacial score (nSPS) is 13.2. The number of carbonyl (C=O) groups excluding carboxylic acids is 1. The predicted octanol–water partition coefficient (Wildman–Crippen LogP) is -0.881. The number of primary amides is 1. The van der Waals surface area contributed by atoms with Crippen molar-refractivity contribution in [1.82, 2.24) is 0 Å². The minimum absolute atomic E-state index is 0.184. The first-order valence-electron chi connectivity index (χ1n) is 2.31. The van der Waals surface area contributed by atoms with E-state index >= 15 is 0 Å². The smallest absolute Gasteiger partial charge is 0.219 e. The minimum atomic E-state index is -0.369. The van der Waals surface area contributed by atoms with Gasteiger partial charge in [-0.3, -0.25) is 4.79 Å². The maximum absolute atomic E-state index is 10.1. The Morgan fingerprint density at radius 2 is 2.25 bits per heavy atom. The van der Waals surface area contributed by atoms with Crippen molar-refractivity contribution in [3.8, 4) is 0 Å². The van der Waals surface area contributed by atoms with E-state index in [2.05, 4.69) is 12.6 Å². The predicted molar refractivity (Wildman–Crippen MR) is 35.6 cm³/mol. The van der Waals surface area contributed by atoms with Crippen LogP contribution in [0.4, 0.5) is 0 Å². The molecule has 0 saturated heterocycles. The average Bonchev–Trinajstić information content (AvgIpc) is 1.65. The van der Waals surface area contributed by atoms with Crippen molar-refractivity contribution in [3.63, 3.8) is 0 Å². The number of amides is 1. The fourth-order valence-corrected chi connectivity index (χ4v) is 0.452. The first-order valence-corrected chi connectivity index (χ1v) is 2.94. The van der Waals surface area contributed by atoms with Crippen LogP contribution < -0.4 is 11.5 Å². The molecular formula is C4H10N2OS. The van der Waals surface area contributed by atoms with Gasteiger partial charge >= 0.3 is 0 Å². The van der Waals surface area contributed by atoms with E-state index in [4.69, 9.17) is 11.5 Å². The topological polar surface area (TPSA) is 69.1 Å². The Labute approximate surface area is 53.8 Å². The molecule has 1 atom stereocenters. The largest absolute Gasteiger partial charge is 0.370 e. The van der Waals surface area contributed by atoms with Crippen molar-refractivity contribution >= 4 is 18.5 Å². The number of hydrogen-bond donors (Lipinski definition) is 3. The summed E-state index contributed by atoms with van der Waals surface area (Å²) >= 11 is 3.86. The number of nitrogens with two attached hydrogens (primary N) is 2. The molecule has 0 spiro atoms. The van der Waals surface area contributed by atoms with Gasteiger partial charge in [-0.2, -0.15) is 12.6 Å². The summed E-state index contributed by atoms with van der Waals surface area (Å²) in [5.41, 5.74) is 10.1. The van der Waals surface area contributed by atoms with Crippen LogP contribution in [0.3, 0.4) is 0 Å². The highest BCUT2D eigenvalue weighted by Crippen LogP contribution is 1.87. The molecule has 0 aromatic heterocycles. The van der Waals surface area contributed by atoms with Gasteiger partial charge in [0.15, 0.2) is 0 Å². The molecule has 0 unspecified atom stereocenters. The Kier molecular flexibility index (Phi) is 3.64. The molecule has 0 aliphatic heterocycles. The lowest BCUT2D eigenvalue weighted by Crippen LogP contribution is -2.28. The molecule has 0 aliphatic carbocycles. The Bertz CT molecular complexity index is 86.1. The SMILES string of the molecule is NC(=O)C[C@H](N)CS. The Balaban J connectivity index is 3.24. The number of hydrogen-bond acceptors (Lipinski definition) is 3. The summed E-state index contributed by atoms with van der Waals surface area (Å²) in [4.78, 5) is 10.1. The van der Waals surface area contributed by atoms with Gasteiger partial charge in [0, 0.05) is 18.2 Å². The van der Waals surface area contributed by atoms with Crippen LogP contribution in [0.25, 0.3) is 0 Å². The third-order valence-corrected chi connectivity index (χ3v) is 1.17. The summed E-state index contributed by atoms with van der Waals surface area (Å²) in [6.07, 6.45) is 0.226. The van der Waals surface area contributed by atoms with Gasteiger partial charge in [-0.1, -0.05) is 0 Å². The van der Waals surface area contributed by atoms with Crippen molar-refractivity contribution in [2.24, 2.45) is 11.5 Å². The van der Waals surface area contributed by atoms with Crippen molar-refractivity contribution in [2.45, 2.75) is 12.5 Å². The lowest BCUT2D eigenvalue weighted by Gasteiger charge is -2.01.